The van der Waals surface area contributed by atoms with Gasteiger partial charge in [0, 0.05) is 48.6 Å². The summed E-state index contributed by atoms with van der Waals surface area (Å²) in [7, 11) is 0. The van der Waals surface area contributed by atoms with Crippen molar-refractivity contribution in [3.63, 3.8) is 0 Å². The van der Waals surface area contributed by atoms with Crippen LogP contribution in [0.1, 0.15) is 39.3 Å². The minimum Gasteiger partial charge on any atom is -0.367 e. The molecule has 5 rings (SSSR count). The minimum atomic E-state index is 0.0988. The van der Waals surface area contributed by atoms with E-state index in [0.29, 0.717) is 11.9 Å². The maximum atomic E-state index is 4.79. The van der Waals surface area contributed by atoms with E-state index in [1.54, 1.807) is 0 Å². The monoisotopic (exact) mass is 416 g/mol. The van der Waals surface area contributed by atoms with Gasteiger partial charge in [0.15, 0.2) is 5.65 Å². The second-order valence-electron chi connectivity index (χ2n) is 9.10. The number of rotatable bonds is 4. The molecule has 160 valence electrons. The summed E-state index contributed by atoms with van der Waals surface area (Å²) in [6, 6.07) is 8.09. The molecule has 8 nitrogen and oxygen atoms in total. The highest BCUT2D eigenvalue weighted by Gasteiger charge is 2.25. The summed E-state index contributed by atoms with van der Waals surface area (Å²) in [5.41, 5.74) is 4.09. The van der Waals surface area contributed by atoms with Crippen molar-refractivity contribution in [3.05, 3.63) is 48.5 Å². The molecular formula is C23H28N8. The molecule has 8 heteroatoms. The van der Waals surface area contributed by atoms with Crippen LogP contribution in [0.5, 0.6) is 0 Å². The van der Waals surface area contributed by atoms with Crippen molar-refractivity contribution >= 4 is 34.1 Å². The lowest BCUT2D eigenvalue weighted by Gasteiger charge is -2.40. The van der Waals surface area contributed by atoms with Gasteiger partial charge in [-0.3, -0.25) is 4.40 Å². The zero-order chi connectivity index (χ0) is 21.6. The topological polar surface area (TPSA) is 83.3 Å². The second-order valence-corrected chi connectivity index (χ2v) is 9.10. The van der Waals surface area contributed by atoms with E-state index >= 15 is 0 Å². The van der Waals surface area contributed by atoms with Gasteiger partial charge in [0.25, 0.3) is 0 Å². The maximum Gasteiger partial charge on any atom is 0.230 e. The minimum absolute atomic E-state index is 0.0988. The zero-order valence-corrected chi connectivity index (χ0v) is 18.4. The van der Waals surface area contributed by atoms with Gasteiger partial charge in [-0.1, -0.05) is 13.8 Å². The molecule has 0 saturated carbocycles. The first kappa shape index (κ1) is 19.7. The molecule has 0 atom stereocenters. The summed E-state index contributed by atoms with van der Waals surface area (Å²) >= 11 is 0. The Labute approximate surface area is 181 Å². The van der Waals surface area contributed by atoms with Gasteiger partial charge >= 0.3 is 0 Å². The Bertz CT molecular complexity index is 1230. The van der Waals surface area contributed by atoms with Crippen LogP contribution in [0.4, 0.5) is 17.5 Å². The van der Waals surface area contributed by atoms with Crippen molar-refractivity contribution in [2.75, 3.05) is 29.9 Å². The van der Waals surface area contributed by atoms with E-state index in [4.69, 9.17) is 4.98 Å². The van der Waals surface area contributed by atoms with E-state index in [1.165, 1.54) is 0 Å². The molecule has 4 aromatic heterocycles. The van der Waals surface area contributed by atoms with Crippen LogP contribution < -0.4 is 15.5 Å². The third-order valence-electron chi connectivity index (χ3n) is 5.75. The molecule has 2 N–H and O–H groups in total. The average Bonchev–Trinajstić information content (AvgIpc) is 3.19. The average molecular weight is 417 g/mol. The van der Waals surface area contributed by atoms with Crippen LogP contribution in [0, 0.1) is 0 Å². The van der Waals surface area contributed by atoms with E-state index in [2.05, 4.69) is 68.6 Å². The summed E-state index contributed by atoms with van der Waals surface area (Å²) in [4.78, 5) is 20.8. The number of anilines is 3. The summed E-state index contributed by atoms with van der Waals surface area (Å²) in [5.74, 6) is 1.59. The molecule has 1 fully saturated rings. The number of pyridine rings is 2. The molecule has 5 heterocycles. The van der Waals surface area contributed by atoms with Crippen LogP contribution >= 0.6 is 0 Å². The van der Waals surface area contributed by atoms with Crippen molar-refractivity contribution in [1.29, 1.82) is 0 Å². The van der Waals surface area contributed by atoms with Crippen LogP contribution in [0.15, 0.2) is 42.9 Å². The zero-order valence-electron chi connectivity index (χ0n) is 18.4. The van der Waals surface area contributed by atoms with Crippen LogP contribution in [0.2, 0.25) is 0 Å². The molecule has 1 saturated heterocycles. The third-order valence-corrected chi connectivity index (χ3v) is 5.75. The first-order chi connectivity index (χ1) is 14.9. The van der Waals surface area contributed by atoms with E-state index in [0.717, 1.165) is 53.5 Å². The van der Waals surface area contributed by atoms with E-state index < -0.39 is 0 Å². The number of hydrogen-bond donors (Lipinski definition) is 2. The van der Waals surface area contributed by atoms with Crippen molar-refractivity contribution in [2.45, 2.75) is 39.2 Å². The molecular weight excluding hydrogens is 388 g/mol. The fourth-order valence-corrected chi connectivity index (χ4v) is 4.16. The van der Waals surface area contributed by atoms with Gasteiger partial charge in [-0.15, -0.1) is 0 Å². The van der Waals surface area contributed by atoms with Crippen LogP contribution in [-0.4, -0.2) is 49.5 Å². The molecule has 0 aliphatic carbocycles. The molecule has 1 aliphatic rings. The van der Waals surface area contributed by atoms with Crippen LogP contribution in [0.3, 0.4) is 0 Å². The number of hydrogen-bond acceptors (Lipinski definition) is 7. The molecule has 0 amide bonds. The lowest BCUT2D eigenvalue weighted by molar-refractivity contribution is 0.353. The van der Waals surface area contributed by atoms with Gasteiger partial charge in [0.2, 0.25) is 5.95 Å². The molecule has 0 aromatic carbocycles. The number of piperazine rings is 1. The summed E-state index contributed by atoms with van der Waals surface area (Å²) in [6.45, 7) is 11.7. The Balaban J connectivity index is 1.42. The van der Waals surface area contributed by atoms with Crippen molar-refractivity contribution in [1.82, 2.24) is 29.7 Å². The van der Waals surface area contributed by atoms with Gasteiger partial charge < -0.3 is 15.5 Å². The smallest absolute Gasteiger partial charge is 0.230 e. The molecule has 0 radical (unpaired) electrons. The van der Waals surface area contributed by atoms with Crippen molar-refractivity contribution in [3.8, 4) is 0 Å². The quantitative estimate of drug-likeness (QED) is 0.524. The fourth-order valence-electron chi connectivity index (χ4n) is 4.16. The standard InChI is InChI=1S/C23H28N8/c1-15(2)18-13-25-20-8-5-16-11-26-22(29-21(16)31(18)20)28-19-7-6-17(12-24-19)30-10-9-27-23(3,4)14-30/h5-8,11-13,15,27H,9-10,14H2,1-4H3,(H,24,26,28,29). The Morgan fingerprint density at radius 2 is 1.90 bits per heavy atom. The Hall–Kier alpha value is -3.26. The summed E-state index contributed by atoms with van der Waals surface area (Å²) < 4.78 is 2.11. The molecule has 0 spiro atoms. The lowest BCUT2D eigenvalue weighted by Crippen LogP contribution is -2.57. The van der Waals surface area contributed by atoms with Crippen LogP contribution in [-0.2, 0) is 0 Å². The first-order valence-electron chi connectivity index (χ1n) is 10.8. The maximum absolute atomic E-state index is 4.79. The predicted octanol–water partition coefficient (Wildman–Crippen LogP) is 3.73. The largest absolute Gasteiger partial charge is 0.367 e. The third kappa shape index (κ3) is 3.79. The van der Waals surface area contributed by atoms with Crippen molar-refractivity contribution in [2.24, 2.45) is 0 Å². The number of fused-ring (bicyclic) bond motifs is 3. The SMILES string of the molecule is CC(C)c1cnc2ccc3cnc(Nc4ccc(N5CCNC(C)(C)C5)cn4)nc3n12. The van der Waals surface area contributed by atoms with Crippen molar-refractivity contribution < 1.29 is 0 Å². The Morgan fingerprint density at radius 3 is 2.65 bits per heavy atom. The highest BCUT2D eigenvalue weighted by Crippen LogP contribution is 2.24. The van der Waals surface area contributed by atoms with Gasteiger partial charge in [0.05, 0.1) is 11.9 Å². The summed E-state index contributed by atoms with van der Waals surface area (Å²) in [5, 5.41) is 7.77. The molecule has 31 heavy (non-hydrogen) atoms. The van der Waals surface area contributed by atoms with E-state index in [1.807, 2.05) is 36.8 Å². The highest BCUT2D eigenvalue weighted by atomic mass is 15.2. The van der Waals surface area contributed by atoms with Gasteiger partial charge in [-0.2, -0.15) is 4.98 Å². The lowest BCUT2D eigenvalue weighted by atomic mass is 10.0. The fraction of sp³-hybridized carbons (Fsp3) is 0.391. The number of nitrogens with zero attached hydrogens (tertiary/aromatic N) is 6. The second kappa shape index (κ2) is 7.46. The van der Waals surface area contributed by atoms with Crippen LogP contribution in [0.25, 0.3) is 16.7 Å². The first-order valence-corrected chi connectivity index (χ1v) is 10.8. The van der Waals surface area contributed by atoms with E-state index in [9.17, 15) is 0 Å². The predicted molar refractivity (Wildman–Crippen MR) is 124 cm³/mol. The summed E-state index contributed by atoms with van der Waals surface area (Å²) in [6.07, 6.45) is 5.67. The van der Waals surface area contributed by atoms with Gasteiger partial charge in [0.1, 0.15) is 11.5 Å². The Kier molecular flexibility index (Phi) is 4.74. The number of imidazole rings is 1. The Morgan fingerprint density at radius 1 is 1.03 bits per heavy atom. The number of aromatic nitrogens is 5. The molecule has 0 unspecified atom stereocenters. The van der Waals surface area contributed by atoms with Gasteiger partial charge in [-0.25, -0.2) is 15.0 Å². The molecule has 0 bridgehead atoms. The number of nitrogens with one attached hydrogen (secondary N) is 2. The van der Waals surface area contributed by atoms with E-state index in [-0.39, 0.29) is 5.54 Å². The normalized spacial score (nSPS) is 16.4. The molecule has 4 aromatic rings. The van der Waals surface area contributed by atoms with Gasteiger partial charge in [-0.05, 0) is 44.0 Å². The highest BCUT2D eigenvalue weighted by molar-refractivity contribution is 5.79. The molecule has 1 aliphatic heterocycles.